The summed E-state index contributed by atoms with van der Waals surface area (Å²) in [5, 5.41) is 0.473. The third-order valence-corrected chi connectivity index (χ3v) is 3.54. The summed E-state index contributed by atoms with van der Waals surface area (Å²) in [6.07, 6.45) is 5.33. The Kier molecular flexibility index (Phi) is 3.95. The fourth-order valence-electron chi connectivity index (χ4n) is 2.30. The summed E-state index contributed by atoms with van der Waals surface area (Å²) in [5.74, 6) is 0. The second-order valence-corrected chi connectivity index (χ2v) is 5.08. The maximum atomic E-state index is 6.08. The molecule has 0 spiro atoms. The van der Waals surface area contributed by atoms with Crippen molar-refractivity contribution in [1.82, 2.24) is 9.97 Å². The van der Waals surface area contributed by atoms with Crippen molar-refractivity contribution < 1.29 is 0 Å². The van der Waals surface area contributed by atoms with E-state index in [0.717, 1.165) is 27.8 Å². The quantitative estimate of drug-likeness (QED) is 0.745. The molecular formula is C17H14ClN3. The first kappa shape index (κ1) is 13.7. The lowest BCUT2D eigenvalue weighted by molar-refractivity contribution is 1.07. The first-order chi connectivity index (χ1) is 10.3. The van der Waals surface area contributed by atoms with Gasteiger partial charge in [-0.25, -0.2) is 4.98 Å². The van der Waals surface area contributed by atoms with Gasteiger partial charge in [0, 0.05) is 30.7 Å². The van der Waals surface area contributed by atoms with Gasteiger partial charge in [0.2, 0.25) is 0 Å². The van der Waals surface area contributed by atoms with Gasteiger partial charge in [-0.05, 0) is 46.5 Å². The van der Waals surface area contributed by atoms with Crippen molar-refractivity contribution >= 4 is 11.6 Å². The van der Waals surface area contributed by atoms with E-state index in [4.69, 9.17) is 17.3 Å². The Bertz CT molecular complexity index is 757. The van der Waals surface area contributed by atoms with Gasteiger partial charge in [-0.2, -0.15) is 0 Å². The molecule has 0 fully saturated rings. The predicted molar refractivity (Wildman–Crippen MR) is 85.8 cm³/mol. The SMILES string of the molecule is NCc1cccc(-c2cc(Cl)ncc2-c2ccncc2)c1. The molecule has 0 atom stereocenters. The van der Waals surface area contributed by atoms with Crippen molar-refractivity contribution in [3.63, 3.8) is 0 Å². The summed E-state index contributed by atoms with van der Waals surface area (Å²) in [7, 11) is 0. The Labute approximate surface area is 128 Å². The molecule has 0 unspecified atom stereocenters. The number of aromatic nitrogens is 2. The second kappa shape index (κ2) is 6.04. The molecule has 3 nitrogen and oxygen atoms in total. The van der Waals surface area contributed by atoms with Crippen molar-refractivity contribution in [1.29, 1.82) is 0 Å². The highest BCUT2D eigenvalue weighted by atomic mass is 35.5. The Morgan fingerprint density at radius 3 is 2.52 bits per heavy atom. The van der Waals surface area contributed by atoms with Gasteiger partial charge < -0.3 is 5.73 Å². The van der Waals surface area contributed by atoms with Gasteiger partial charge in [-0.1, -0.05) is 29.8 Å². The molecular weight excluding hydrogens is 282 g/mol. The van der Waals surface area contributed by atoms with Crippen LogP contribution in [0.4, 0.5) is 0 Å². The first-order valence-corrected chi connectivity index (χ1v) is 7.01. The second-order valence-electron chi connectivity index (χ2n) is 4.69. The van der Waals surface area contributed by atoms with Crippen LogP contribution in [0.15, 0.2) is 61.1 Å². The average molecular weight is 296 g/mol. The Morgan fingerprint density at radius 1 is 0.952 bits per heavy atom. The summed E-state index contributed by atoms with van der Waals surface area (Å²) in [6, 6.07) is 13.9. The lowest BCUT2D eigenvalue weighted by Crippen LogP contribution is -1.96. The molecule has 0 radical (unpaired) electrons. The van der Waals surface area contributed by atoms with Gasteiger partial charge in [0.05, 0.1) is 0 Å². The summed E-state index contributed by atoms with van der Waals surface area (Å²) in [6.45, 7) is 0.511. The number of nitrogens with zero attached hydrogens (tertiary/aromatic N) is 2. The molecule has 2 aromatic heterocycles. The van der Waals surface area contributed by atoms with Gasteiger partial charge in [0.15, 0.2) is 0 Å². The average Bonchev–Trinajstić information content (AvgIpc) is 2.55. The third-order valence-electron chi connectivity index (χ3n) is 3.34. The molecule has 104 valence electrons. The Balaban J connectivity index is 2.19. The molecule has 0 saturated carbocycles. The molecule has 4 heteroatoms. The zero-order valence-electron chi connectivity index (χ0n) is 11.3. The molecule has 0 aliphatic heterocycles. The van der Waals surface area contributed by atoms with Crippen molar-refractivity contribution in [3.8, 4) is 22.3 Å². The van der Waals surface area contributed by atoms with Crippen LogP contribution in [-0.4, -0.2) is 9.97 Å². The van der Waals surface area contributed by atoms with Crippen LogP contribution in [0.2, 0.25) is 5.15 Å². The zero-order valence-corrected chi connectivity index (χ0v) is 12.1. The predicted octanol–water partition coefficient (Wildman–Crippen LogP) is 3.92. The Hall–Kier alpha value is -2.23. The fraction of sp³-hybridized carbons (Fsp3) is 0.0588. The number of hydrogen-bond acceptors (Lipinski definition) is 3. The number of benzene rings is 1. The van der Waals surface area contributed by atoms with Gasteiger partial charge in [0.1, 0.15) is 5.15 Å². The minimum Gasteiger partial charge on any atom is -0.326 e. The highest BCUT2D eigenvalue weighted by Gasteiger charge is 2.09. The van der Waals surface area contributed by atoms with E-state index in [1.54, 1.807) is 18.6 Å². The highest BCUT2D eigenvalue weighted by molar-refractivity contribution is 6.29. The maximum Gasteiger partial charge on any atom is 0.129 e. The minimum absolute atomic E-state index is 0.473. The lowest BCUT2D eigenvalue weighted by atomic mass is 9.96. The molecule has 2 N–H and O–H groups in total. The monoisotopic (exact) mass is 295 g/mol. The summed E-state index contributed by atoms with van der Waals surface area (Å²) < 4.78 is 0. The number of pyridine rings is 2. The van der Waals surface area contributed by atoms with E-state index in [0.29, 0.717) is 11.7 Å². The van der Waals surface area contributed by atoms with Crippen molar-refractivity contribution in [2.24, 2.45) is 5.73 Å². The smallest absolute Gasteiger partial charge is 0.129 e. The topological polar surface area (TPSA) is 51.8 Å². The molecule has 0 bridgehead atoms. The van der Waals surface area contributed by atoms with E-state index in [9.17, 15) is 0 Å². The maximum absolute atomic E-state index is 6.08. The van der Waals surface area contributed by atoms with E-state index in [2.05, 4.69) is 22.1 Å². The molecule has 0 aliphatic rings. The third kappa shape index (κ3) is 2.94. The fourth-order valence-corrected chi connectivity index (χ4v) is 2.45. The van der Waals surface area contributed by atoms with Gasteiger partial charge in [0.25, 0.3) is 0 Å². The van der Waals surface area contributed by atoms with Gasteiger partial charge >= 0.3 is 0 Å². The van der Waals surface area contributed by atoms with Crippen molar-refractivity contribution in [2.45, 2.75) is 6.54 Å². The molecule has 1 aromatic carbocycles. The van der Waals surface area contributed by atoms with Crippen LogP contribution in [0.25, 0.3) is 22.3 Å². The summed E-state index contributed by atoms with van der Waals surface area (Å²) in [4.78, 5) is 8.26. The Morgan fingerprint density at radius 2 is 1.76 bits per heavy atom. The number of rotatable bonds is 3. The molecule has 0 saturated heterocycles. The largest absolute Gasteiger partial charge is 0.326 e. The van der Waals surface area contributed by atoms with Crippen molar-refractivity contribution in [2.75, 3.05) is 0 Å². The van der Waals surface area contributed by atoms with Crippen LogP contribution in [0, 0.1) is 0 Å². The van der Waals surface area contributed by atoms with Gasteiger partial charge in [-0.15, -0.1) is 0 Å². The van der Waals surface area contributed by atoms with Crippen LogP contribution in [0.3, 0.4) is 0 Å². The van der Waals surface area contributed by atoms with E-state index in [1.165, 1.54) is 0 Å². The van der Waals surface area contributed by atoms with Crippen molar-refractivity contribution in [3.05, 3.63) is 71.8 Å². The lowest BCUT2D eigenvalue weighted by Gasteiger charge is -2.11. The summed E-state index contributed by atoms with van der Waals surface area (Å²) in [5.41, 5.74) is 11.0. The number of hydrogen-bond donors (Lipinski definition) is 1. The molecule has 0 aliphatic carbocycles. The van der Waals surface area contributed by atoms with Crippen LogP contribution in [0.5, 0.6) is 0 Å². The molecule has 3 aromatic rings. The van der Waals surface area contributed by atoms with Gasteiger partial charge in [-0.3, -0.25) is 4.98 Å². The van der Waals surface area contributed by atoms with Crippen LogP contribution in [0.1, 0.15) is 5.56 Å². The summed E-state index contributed by atoms with van der Waals surface area (Å²) >= 11 is 6.08. The molecule has 3 rings (SSSR count). The highest BCUT2D eigenvalue weighted by Crippen LogP contribution is 2.33. The number of nitrogens with two attached hydrogens (primary N) is 1. The molecule has 21 heavy (non-hydrogen) atoms. The van der Waals surface area contributed by atoms with Crippen LogP contribution >= 0.6 is 11.6 Å². The zero-order chi connectivity index (χ0) is 14.7. The standard InChI is InChI=1S/C17H14ClN3/c18-17-9-15(14-3-1-2-12(8-14)10-19)16(11-21-17)13-4-6-20-7-5-13/h1-9,11H,10,19H2. The van der Waals surface area contributed by atoms with E-state index in [1.807, 2.05) is 30.3 Å². The minimum atomic E-state index is 0.473. The van der Waals surface area contributed by atoms with E-state index in [-0.39, 0.29) is 0 Å². The number of halogens is 1. The first-order valence-electron chi connectivity index (χ1n) is 6.63. The van der Waals surface area contributed by atoms with E-state index >= 15 is 0 Å². The normalized spacial score (nSPS) is 10.6. The van der Waals surface area contributed by atoms with Crippen LogP contribution < -0.4 is 5.73 Å². The molecule has 0 amide bonds. The van der Waals surface area contributed by atoms with E-state index < -0.39 is 0 Å². The van der Waals surface area contributed by atoms with Crippen LogP contribution in [-0.2, 0) is 6.54 Å². The molecule has 2 heterocycles.